The topological polar surface area (TPSA) is 67.6 Å². The van der Waals surface area contributed by atoms with Crippen LogP contribution in [-0.2, 0) is 4.79 Å². The molecule has 1 aliphatic rings. The first-order valence-electron chi connectivity index (χ1n) is 6.30. The number of nitrogens with one attached hydrogen (secondary N) is 1. The van der Waals surface area contributed by atoms with Crippen LogP contribution in [0.4, 0.5) is 22.7 Å². The lowest BCUT2D eigenvalue weighted by Crippen LogP contribution is -2.26. The summed E-state index contributed by atoms with van der Waals surface area (Å²) in [5.41, 5.74) is 9.17. The molecule has 20 heavy (non-hydrogen) atoms. The Hall–Kier alpha value is -2.69. The van der Waals surface area contributed by atoms with Gasteiger partial charge < -0.3 is 20.7 Å². The third-order valence-electron chi connectivity index (χ3n) is 3.27. The maximum absolute atomic E-state index is 11.4. The first-order valence-corrected chi connectivity index (χ1v) is 6.30. The zero-order valence-electron chi connectivity index (χ0n) is 11.1. The molecular formula is C15H15N3O2. The van der Waals surface area contributed by atoms with Crippen molar-refractivity contribution in [2.75, 3.05) is 29.6 Å². The SMILES string of the molecule is CN(c1ccccc1)c1cc2c(cc1N)OCC(=O)N2. The van der Waals surface area contributed by atoms with Gasteiger partial charge in [0.15, 0.2) is 6.61 Å². The van der Waals surface area contributed by atoms with E-state index < -0.39 is 0 Å². The number of benzene rings is 2. The molecule has 0 unspecified atom stereocenters. The molecule has 5 nitrogen and oxygen atoms in total. The molecule has 0 spiro atoms. The number of hydrogen-bond donors (Lipinski definition) is 2. The molecule has 3 N–H and O–H groups in total. The molecule has 1 aliphatic heterocycles. The van der Waals surface area contributed by atoms with Crippen LogP contribution < -0.4 is 20.7 Å². The number of nitrogens with zero attached hydrogens (tertiary/aromatic N) is 1. The van der Waals surface area contributed by atoms with E-state index in [4.69, 9.17) is 10.5 Å². The molecule has 0 saturated carbocycles. The second-order valence-electron chi connectivity index (χ2n) is 4.64. The summed E-state index contributed by atoms with van der Waals surface area (Å²) in [5, 5.41) is 2.79. The molecule has 0 saturated heterocycles. The van der Waals surface area contributed by atoms with Crippen LogP contribution in [0, 0.1) is 0 Å². The van der Waals surface area contributed by atoms with Crippen molar-refractivity contribution in [3.05, 3.63) is 42.5 Å². The van der Waals surface area contributed by atoms with Gasteiger partial charge in [-0.2, -0.15) is 0 Å². The molecule has 0 aliphatic carbocycles. The number of ether oxygens (including phenoxy) is 1. The molecule has 0 aromatic heterocycles. The number of nitrogen functional groups attached to an aromatic ring is 1. The van der Waals surface area contributed by atoms with Gasteiger partial charge in [0.25, 0.3) is 5.91 Å². The second kappa shape index (κ2) is 4.77. The minimum absolute atomic E-state index is 0.0281. The average molecular weight is 269 g/mol. The van der Waals surface area contributed by atoms with Crippen LogP contribution in [0.2, 0.25) is 0 Å². The van der Waals surface area contributed by atoms with Crippen molar-refractivity contribution in [2.45, 2.75) is 0 Å². The summed E-state index contributed by atoms with van der Waals surface area (Å²) in [5.74, 6) is 0.447. The number of nitrogens with two attached hydrogens (primary N) is 1. The number of amides is 1. The van der Waals surface area contributed by atoms with Crippen LogP contribution in [0.1, 0.15) is 0 Å². The van der Waals surface area contributed by atoms with E-state index in [1.165, 1.54) is 0 Å². The first-order chi connectivity index (χ1) is 9.65. The van der Waals surface area contributed by atoms with Crippen LogP contribution in [-0.4, -0.2) is 19.6 Å². The molecule has 102 valence electrons. The highest BCUT2D eigenvalue weighted by Gasteiger charge is 2.19. The van der Waals surface area contributed by atoms with Gasteiger partial charge >= 0.3 is 0 Å². The van der Waals surface area contributed by atoms with Crippen molar-refractivity contribution in [3.8, 4) is 5.75 Å². The Morgan fingerprint density at radius 3 is 2.75 bits per heavy atom. The standard InChI is InChI=1S/C15H15N3O2/c1-18(10-5-3-2-4-6-10)13-8-12-14(7-11(13)16)20-9-15(19)17-12/h2-8H,9,16H2,1H3,(H,17,19). The van der Waals surface area contributed by atoms with Crippen molar-refractivity contribution in [1.82, 2.24) is 0 Å². The predicted octanol–water partition coefficient (Wildman–Crippen LogP) is 2.37. The summed E-state index contributed by atoms with van der Waals surface area (Å²) in [6.45, 7) is 0.0281. The van der Waals surface area contributed by atoms with Gasteiger partial charge in [0.05, 0.1) is 17.1 Å². The van der Waals surface area contributed by atoms with E-state index in [1.807, 2.05) is 48.3 Å². The number of carbonyl (C=O) groups excluding carboxylic acids is 1. The lowest BCUT2D eigenvalue weighted by Gasteiger charge is -2.25. The fourth-order valence-corrected chi connectivity index (χ4v) is 2.21. The van der Waals surface area contributed by atoms with E-state index in [9.17, 15) is 4.79 Å². The highest BCUT2D eigenvalue weighted by atomic mass is 16.5. The summed E-state index contributed by atoms with van der Waals surface area (Å²) in [4.78, 5) is 13.3. The van der Waals surface area contributed by atoms with Gasteiger partial charge in [-0.05, 0) is 18.2 Å². The fraction of sp³-hybridized carbons (Fsp3) is 0.133. The Bertz CT molecular complexity index is 656. The molecule has 0 bridgehead atoms. The first kappa shape index (κ1) is 12.3. The third kappa shape index (κ3) is 2.14. The lowest BCUT2D eigenvalue weighted by atomic mass is 10.1. The quantitative estimate of drug-likeness (QED) is 0.821. The third-order valence-corrected chi connectivity index (χ3v) is 3.27. The largest absolute Gasteiger partial charge is 0.482 e. The van der Waals surface area contributed by atoms with Crippen LogP contribution >= 0.6 is 0 Å². The Morgan fingerprint density at radius 2 is 2.00 bits per heavy atom. The average Bonchev–Trinajstić information content (AvgIpc) is 2.47. The molecule has 0 fully saturated rings. The summed E-state index contributed by atoms with van der Waals surface area (Å²) in [6.07, 6.45) is 0. The van der Waals surface area contributed by atoms with Crippen molar-refractivity contribution < 1.29 is 9.53 Å². The van der Waals surface area contributed by atoms with Crippen LogP contribution in [0.3, 0.4) is 0 Å². The normalized spacial score (nSPS) is 13.2. The zero-order chi connectivity index (χ0) is 14.1. The van der Waals surface area contributed by atoms with E-state index in [-0.39, 0.29) is 12.5 Å². The van der Waals surface area contributed by atoms with Gasteiger partial charge in [0.1, 0.15) is 5.75 Å². The maximum Gasteiger partial charge on any atom is 0.262 e. The molecule has 1 amide bonds. The number of anilines is 4. The van der Waals surface area contributed by atoms with E-state index in [0.29, 0.717) is 17.1 Å². The molecular weight excluding hydrogens is 254 g/mol. The van der Waals surface area contributed by atoms with Crippen molar-refractivity contribution in [3.63, 3.8) is 0 Å². The smallest absolute Gasteiger partial charge is 0.262 e. The van der Waals surface area contributed by atoms with Crippen LogP contribution in [0.15, 0.2) is 42.5 Å². The van der Waals surface area contributed by atoms with E-state index in [0.717, 1.165) is 11.4 Å². The van der Waals surface area contributed by atoms with E-state index in [2.05, 4.69) is 5.32 Å². The van der Waals surface area contributed by atoms with Crippen molar-refractivity contribution in [1.29, 1.82) is 0 Å². The van der Waals surface area contributed by atoms with Crippen LogP contribution in [0.5, 0.6) is 5.75 Å². The number of rotatable bonds is 2. The molecule has 2 aromatic rings. The Kier molecular flexibility index (Phi) is 2.95. The maximum atomic E-state index is 11.4. The highest BCUT2D eigenvalue weighted by Crippen LogP contribution is 2.38. The fourth-order valence-electron chi connectivity index (χ4n) is 2.21. The molecule has 5 heteroatoms. The van der Waals surface area contributed by atoms with E-state index >= 15 is 0 Å². The van der Waals surface area contributed by atoms with Gasteiger partial charge in [-0.1, -0.05) is 18.2 Å². The summed E-state index contributed by atoms with van der Waals surface area (Å²) in [6, 6.07) is 13.4. The van der Waals surface area contributed by atoms with Gasteiger partial charge in [0, 0.05) is 18.8 Å². The Labute approximate surface area is 117 Å². The van der Waals surface area contributed by atoms with Gasteiger partial charge in [0.2, 0.25) is 0 Å². The van der Waals surface area contributed by atoms with Crippen molar-refractivity contribution >= 4 is 28.7 Å². The van der Waals surface area contributed by atoms with Crippen molar-refractivity contribution in [2.24, 2.45) is 0 Å². The molecule has 3 rings (SSSR count). The number of fused-ring (bicyclic) bond motifs is 1. The highest BCUT2D eigenvalue weighted by molar-refractivity contribution is 5.97. The summed E-state index contributed by atoms with van der Waals surface area (Å²) in [7, 11) is 1.93. The number of hydrogen-bond acceptors (Lipinski definition) is 4. The Balaban J connectivity index is 2.02. The minimum atomic E-state index is -0.157. The molecule has 0 atom stereocenters. The summed E-state index contributed by atoms with van der Waals surface area (Å²) < 4.78 is 5.35. The van der Waals surface area contributed by atoms with Gasteiger partial charge in [-0.25, -0.2) is 0 Å². The van der Waals surface area contributed by atoms with Crippen LogP contribution in [0.25, 0.3) is 0 Å². The minimum Gasteiger partial charge on any atom is -0.482 e. The molecule has 2 aromatic carbocycles. The Morgan fingerprint density at radius 1 is 1.25 bits per heavy atom. The number of carbonyl (C=O) groups is 1. The predicted molar refractivity (Wildman–Crippen MR) is 79.5 cm³/mol. The number of para-hydroxylation sites is 1. The monoisotopic (exact) mass is 269 g/mol. The summed E-state index contributed by atoms with van der Waals surface area (Å²) >= 11 is 0. The molecule has 0 radical (unpaired) electrons. The van der Waals surface area contributed by atoms with E-state index in [1.54, 1.807) is 6.07 Å². The van der Waals surface area contributed by atoms with Gasteiger partial charge in [-0.15, -0.1) is 0 Å². The van der Waals surface area contributed by atoms with Gasteiger partial charge in [-0.3, -0.25) is 4.79 Å². The zero-order valence-corrected chi connectivity index (χ0v) is 11.1. The molecule has 1 heterocycles. The lowest BCUT2D eigenvalue weighted by molar-refractivity contribution is -0.118. The second-order valence-corrected chi connectivity index (χ2v) is 4.64.